The molecule has 27 heavy (non-hydrogen) atoms. The molecule has 2 aliphatic rings. The van der Waals surface area contributed by atoms with Crippen LogP contribution in [-0.4, -0.2) is 34.8 Å². The Morgan fingerprint density at radius 3 is 2.44 bits per heavy atom. The molecule has 0 unspecified atom stereocenters. The normalized spacial score (nSPS) is 18.7. The molecule has 1 aliphatic carbocycles. The summed E-state index contributed by atoms with van der Waals surface area (Å²) in [6.07, 6.45) is 3.51. The van der Waals surface area contributed by atoms with E-state index in [0.29, 0.717) is 19.0 Å². The van der Waals surface area contributed by atoms with Gasteiger partial charge in [-0.2, -0.15) is 0 Å². The summed E-state index contributed by atoms with van der Waals surface area (Å²) in [5.74, 6) is 1.19. The van der Waals surface area contributed by atoms with Gasteiger partial charge in [0.2, 0.25) is 17.7 Å². The van der Waals surface area contributed by atoms with Crippen molar-refractivity contribution in [1.29, 1.82) is 0 Å². The topological polar surface area (TPSA) is 75.4 Å². The molecule has 1 aliphatic heterocycles. The molecule has 0 atom stereocenters. The first kappa shape index (κ1) is 18.0. The number of oxazole rings is 1. The van der Waals surface area contributed by atoms with Gasteiger partial charge in [-0.3, -0.25) is 9.59 Å². The van der Waals surface area contributed by atoms with Gasteiger partial charge in [0.15, 0.2) is 5.58 Å². The second-order valence-electron chi connectivity index (χ2n) is 8.81. The minimum absolute atomic E-state index is 0.0208. The molecule has 6 nitrogen and oxygen atoms in total. The number of carbonyl (C=O) groups excluding carboxylic acids is 2. The van der Waals surface area contributed by atoms with Crippen molar-refractivity contribution in [1.82, 2.24) is 9.88 Å². The zero-order chi connectivity index (χ0) is 19.2. The summed E-state index contributed by atoms with van der Waals surface area (Å²) < 4.78 is 5.81. The number of hydrogen-bond acceptors (Lipinski definition) is 4. The standard InChI is InChI=1S/C21H27N3O3/c1-21(2,3)20-23-16-12-15(6-7-17(16)27-20)22-18(25)13-8-10-24(11-9-13)19(26)14-4-5-14/h6-7,12-14H,4-5,8-11H2,1-3H3,(H,22,25). The molecule has 0 spiro atoms. The molecule has 2 aromatic rings. The summed E-state index contributed by atoms with van der Waals surface area (Å²) in [5, 5.41) is 3.01. The van der Waals surface area contributed by atoms with Crippen LogP contribution in [0, 0.1) is 11.8 Å². The number of rotatable bonds is 3. The van der Waals surface area contributed by atoms with Crippen LogP contribution < -0.4 is 5.32 Å². The molecule has 4 rings (SSSR count). The Labute approximate surface area is 159 Å². The summed E-state index contributed by atoms with van der Waals surface area (Å²) in [7, 11) is 0. The number of piperidine rings is 1. The van der Waals surface area contributed by atoms with Crippen LogP contribution in [0.15, 0.2) is 22.6 Å². The SMILES string of the molecule is CC(C)(C)c1nc2cc(NC(=O)C3CCN(C(=O)C4CC4)CC3)ccc2o1. The number of nitrogens with one attached hydrogen (secondary N) is 1. The molecule has 0 bridgehead atoms. The molecule has 1 aromatic heterocycles. The highest BCUT2D eigenvalue weighted by Crippen LogP contribution is 2.33. The van der Waals surface area contributed by atoms with E-state index >= 15 is 0 Å². The van der Waals surface area contributed by atoms with Gasteiger partial charge in [-0.1, -0.05) is 20.8 Å². The van der Waals surface area contributed by atoms with Crippen LogP contribution in [0.3, 0.4) is 0 Å². The highest BCUT2D eigenvalue weighted by Gasteiger charge is 2.36. The van der Waals surface area contributed by atoms with Crippen molar-refractivity contribution in [3.63, 3.8) is 0 Å². The van der Waals surface area contributed by atoms with Gasteiger partial charge in [0, 0.05) is 36.0 Å². The number of nitrogens with zero attached hydrogens (tertiary/aromatic N) is 2. The smallest absolute Gasteiger partial charge is 0.227 e. The van der Waals surface area contributed by atoms with E-state index in [2.05, 4.69) is 31.1 Å². The lowest BCUT2D eigenvalue weighted by atomic mass is 9.95. The summed E-state index contributed by atoms with van der Waals surface area (Å²) in [4.78, 5) is 31.2. The molecule has 144 valence electrons. The Bertz CT molecular complexity index is 868. The summed E-state index contributed by atoms with van der Waals surface area (Å²) in [6, 6.07) is 5.56. The van der Waals surface area contributed by atoms with Crippen molar-refractivity contribution in [2.75, 3.05) is 18.4 Å². The van der Waals surface area contributed by atoms with Crippen molar-refractivity contribution >= 4 is 28.6 Å². The molecule has 2 heterocycles. The fourth-order valence-corrected chi connectivity index (χ4v) is 3.52. The van der Waals surface area contributed by atoms with Crippen LogP contribution in [0.2, 0.25) is 0 Å². The Morgan fingerprint density at radius 1 is 1.11 bits per heavy atom. The number of anilines is 1. The van der Waals surface area contributed by atoms with Crippen LogP contribution in [0.4, 0.5) is 5.69 Å². The van der Waals surface area contributed by atoms with Gasteiger partial charge >= 0.3 is 0 Å². The van der Waals surface area contributed by atoms with Gasteiger partial charge in [0.25, 0.3) is 0 Å². The Morgan fingerprint density at radius 2 is 1.81 bits per heavy atom. The van der Waals surface area contributed by atoms with Crippen LogP contribution in [-0.2, 0) is 15.0 Å². The molecule has 6 heteroatoms. The van der Waals surface area contributed by atoms with E-state index in [1.54, 1.807) is 0 Å². The highest BCUT2D eigenvalue weighted by molar-refractivity contribution is 5.94. The van der Waals surface area contributed by atoms with E-state index in [-0.39, 0.29) is 29.1 Å². The van der Waals surface area contributed by atoms with Crippen LogP contribution in [0.5, 0.6) is 0 Å². The maximum atomic E-state index is 12.6. The monoisotopic (exact) mass is 369 g/mol. The maximum Gasteiger partial charge on any atom is 0.227 e. The van der Waals surface area contributed by atoms with E-state index in [1.165, 1.54) is 0 Å². The molecular formula is C21H27N3O3. The molecule has 2 amide bonds. The molecule has 1 aromatic carbocycles. The summed E-state index contributed by atoms with van der Waals surface area (Å²) in [6.45, 7) is 7.54. The lowest BCUT2D eigenvalue weighted by Crippen LogP contribution is -2.42. The maximum absolute atomic E-state index is 12.6. The van der Waals surface area contributed by atoms with Crippen LogP contribution in [0.1, 0.15) is 52.3 Å². The Hall–Kier alpha value is -2.37. The fourth-order valence-electron chi connectivity index (χ4n) is 3.52. The largest absolute Gasteiger partial charge is 0.440 e. The fraction of sp³-hybridized carbons (Fsp3) is 0.571. The van der Waals surface area contributed by atoms with Gasteiger partial charge < -0.3 is 14.6 Å². The minimum Gasteiger partial charge on any atom is -0.440 e. The summed E-state index contributed by atoms with van der Waals surface area (Å²) in [5.41, 5.74) is 2.05. The number of aromatic nitrogens is 1. The lowest BCUT2D eigenvalue weighted by Gasteiger charge is -2.31. The van der Waals surface area contributed by atoms with Crippen molar-refractivity contribution in [3.05, 3.63) is 24.1 Å². The molecule has 1 N–H and O–H groups in total. The van der Waals surface area contributed by atoms with Crippen molar-refractivity contribution in [3.8, 4) is 0 Å². The van der Waals surface area contributed by atoms with E-state index in [1.807, 2.05) is 23.1 Å². The first-order chi connectivity index (χ1) is 12.8. The van der Waals surface area contributed by atoms with E-state index in [4.69, 9.17) is 4.42 Å². The Balaban J connectivity index is 1.38. The number of carbonyl (C=O) groups is 2. The van der Waals surface area contributed by atoms with E-state index in [9.17, 15) is 9.59 Å². The van der Waals surface area contributed by atoms with E-state index in [0.717, 1.165) is 42.5 Å². The predicted molar refractivity (Wildman–Crippen MR) is 103 cm³/mol. The van der Waals surface area contributed by atoms with Crippen molar-refractivity contribution in [2.45, 2.75) is 51.9 Å². The third kappa shape index (κ3) is 3.84. The second-order valence-corrected chi connectivity index (χ2v) is 8.81. The number of amides is 2. The number of benzene rings is 1. The number of likely N-dealkylation sites (tertiary alicyclic amines) is 1. The molecule has 2 fully saturated rings. The first-order valence-corrected chi connectivity index (χ1v) is 9.82. The lowest BCUT2D eigenvalue weighted by molar-refractivity contribution is -0.135. The minimum atomic E-state index is -0.158. The molecule has 1 saturated heterocycles. The Kier molecular flexibility index (Phi) is 4.44. The van der Waals surface area contributed by atoms with Gasteiger partial charge in [0.05, 0.1) is 0 Å². The average molecular weight is 369 g/mol. The number of hydrogen-bond donors (Lipinski definition) is 1. The third-order valence-corrected chi connectivity index (χ3v) is 5.40. The zero-order valence-corrected chi connectivity index (χ0v) is 16.2. The van der Waals surface area contributed by atoms with Gasteiger partial charge in [-0.05, 0) is 43.9 Å². The molecule has 0 radical (unpaired) electrons. The summed E-state index contributed by atoms with van der Waals surface area (Å²) >= 11 is 0. The van der Waals surface area contributed by atoms with Gasteiger partial charge in [-0.15, -0.1) is 0 Å². The van der Waals surface area contributed by atoms with Gasteiger partial charge in [-0.25, -0.2) is 4.98 Å². The zero-order valence-electron chi connectivity index (χ0n) is 16.2. The van der Waals surface area contributed by atoms with Crippen LogP contribution in [0.25, 0.3) is 11.1 Å². The average Bonchev–Trinajstić information content (AvgIpc) is 3.39. The van der Waals surface area contributed by atoms with Crippen molar-refractivity contribution in [2.24, 2.45) is 11.8 Å². The van der Waals surface area contributed by atoms with Crippen molar-refractivity contribution < 1.29 is 14.0 Å². The second kappa shape index (κ2) is 6.66. The van der Waals surface area contributed by atoms with E-state index < -0.39 is 0 Å². The van der Waals surface area contributed by atoms with Gasteiger partial charge in [0.1, 0.15) is 5.52 Å². The first-order valence-electron chi connectivity index (χ1n) is 9.82. The highest BCUT2D eigenvalue weighted by atomic mass is 16.3. The third-order valence-electron chi connectivity index (χ3n) is 5.40. The number of fused-ring (bicyclic) bond motifs is 1. The quantitative estimate of drug-likeness (QED) is 0.895. The molecular weight excluding hydrogens is 342 g/mol. The van der Waals surface area contributed by atoms with Crippen LogP contribution >= 0.6 is 0 Å². The molecule has 1 saturated carbocycles. The predicted octanol–water partition coefficient (Wildman–Crippen LogP) is 3.71.